The van der Waals surface area contributed by atoms with Crippen LogP contribution in [0.2, 0.25) is 0 Å². The summed E-state index contributed by atoms with van der Waals surface area (Å²) in [5.41, 5.74) is 0. The maximum Gasteiger partial charge on any atom is 0.0869 e. The molecule has 1 aliphatic rings. The molecule has 1 saturated heterocycles. The third kappa shape index (κ3) is 3.30. The van der Waals surface area contributed by atoms with E-state index in [4.69, 9.17) is 4.74 Å². The Morgan fingerprint density at radius 3 is 2.31 bits per heavy atom. The molecule has 3 unspecified atom stereocenters. The molecule has 0 aromatic heterocycles. The zero-order chi connectivity index (χ0) is 9.68. The largest absolute Gasteiger partial charge is 0.369 e. The van der Waals surface area contributed by atoms with Crippen LogP contribution in [0, 0.1) is 5.92 Å². The monoisotopic (exact) mass is 184 g/mol. The van der Waals surface area contributed by atoms with Crippen LogP contribution in [0.3, 0.4) is 0 Å². The highest BCUT2D eigenvalue weighted by atomic mass is 16.6. The van der Waals surface area contributed by atoms with Gasteiger partial charge in [0.2, 0.25) is 0 Å². The van der Waals surface area contributed by atoms with Gasteiger partial charge in [0.25, 0.3) is 0 Å². The Bertz CT molecular complexity index is 133. The summed E-state index contributed by atoms with van der Waals surface area (Å²) in [7, 11) is 0. The van der Waals surface area contributed by atoms with Gasteiger partial charge in [0.1, 0.15) is 0 Å². The van der Waals surface area contributed by atoms with Crippen LogP contribution >= 0.6 is 0 Å². The van der Waals surface area contributed by atoms with Crippen molar-refractivity contribution in [2.75, 3.05) is 0 Å². The zero-order valence-corrected chi connectivity index (χ0v) is 9.38. The van der Waals surface area contributed by atoms with E-state index in [1.165, 1.54) is 38.5 Å². The van der Waals surface area contributed by atoms with Gasteiger partial charge in [-0.25, -0.2) is 0 Å². The molecule has 1 nitrogen and oxygen atoms in total. The van der Waals surface area contributed by atoms with Crippen molar-refractivity contribution in [1.82, 2.24) is 0 Å². The summed E-state index contributed by atoms with van der Waals surface area (Å²) in [4.78, 5) is 0. The molecule has 0 radical (unpaired) electrons. The van der Waals surface area contributed by atoms with E-state index in [-0.39, 0.29) is 0 Å². The molecule has 0 bridgehead atoms. The summed E-state index contributed by atoms with van der Waals surface area (Å²) in [5, 5.41) is 0. The van der Waals surface area contributed by atoms with Crippen LogP contribution in [-0.2, 0) is 4.74 Å². The Morgan fingerprint density at radius 2 is 1.85 bits per heavy atom. The lowest BCUT2D eigenvalue weighted by Crippen LogP contribution is -2.10. The minimum Gasteiger partial charge on any atom is -0.369 e. The van der Waals surface area contributed by atoms with Gasteiger partial charge in [-0.05, 0) is 25.2 Å². The number of hydrogen-bond acceptors (Lipinski definition) is 1. The lowest BCUT2D eigenvalue weighted by Gasteiger charge is -2.12. The van der Waals surface area contributed by atoms with Gasteiger partial charge < -0.3 is 4.74 Å². The van der Waals surface area contributed by atoms with Crippen LogP contribution in [0.5, 0.6) is 0 Å². The van der Waals surface area contributed by atoms with Crippen molar-refractivity contribution in [3.8, 4) is 0 Å². The van der Waals surface area contributed by atoms with E-state index in [1.807, 2.05) is 0 Å². The predicted molar refractivity (Wildman–Crippen MR) is 56.9 cm³/mol. The number of ether oxygens (including phenoxy) is 1. The smallest absolute Gasteiger partial charge is 0.0869 e. The molecule has 0 N–H and O–H groups in total. The van der Waals surface area contributed by atoms with Crippen LogP contribution in [0.25, 0.3) is 0 Å². The van der Waals surface area contributed by atoms with Crippen molar-refractivity contribution in [2.24, 2.45) is 5.92 Å². The van der Waals surface area contributed by atoms with Gasteiger partial charge in [-0.15, -0.1) is 0 Å². The second kappa shape index (κ2) is 5.64. The molecule has 3 atom stereocenters. The Balaban J connectivity index is 2.22. The second-order valence-corrected chi connectivity index (χ2v) is 4.24. The quantitative estimate of drug-likeness (QED) is 0.549. The maximum absolute atomic E-state index is 5.68. The summed E-state index contributed by atoms with van der Waals surface area (Å²) in [6.07, 6.45) is 9.18. The first-order chi connectivity index (χ1) is 6.33. The Hall–Kier alpha value is -0.0400. The summed E-state index contributed by atoms with van der Waals surface area (Å²) in [5.74, 6) is 0.856. The first-order valence-electron chi connectivity index (χ1n) is 5.98. The van der Waals surface area contributed by atoms with Gasteiger partial charge in [0.05, 0.1) is 12.2 Å². The predicted octanol–water partition coefficient (Wildman–Crippen LogP) is 3.77. The van der Waals surface area contributed by atoms with Gasteiger partial charge in [0, 0.05) is 0 Å². The maximum atomic E-state index is 5.68. The molecule has 0 aromatic rings. The molecule has 1 heteroatoms. The summed E-state index contributed by atoms with van der Waals surface area (Å²) in [6.45, 7) is 6.78. The Kier molecular flexibility index (Phi) is 4.79. The molecule has 78 valence electrons. The van der Waals surface area contributed by atoms with E-state index in [0.29, 0.717) is 12.2 Å². The number of unbranched alkanes of at least 4 members (excludes halogenated alkanes) is 1. The first kappa shape index (κ1) is 11.0. The average molecular weight is 184 g/mol. The molecule has 13 heavy (non-hydrogen) atoms. The van der Waals surface area contributed by atoms with Crippen molar-refractivity contribution < 1.29 is 4.74 Å². The van der Waals surface area contributed by atoms with E-state index in [1.54, 1.807) is 0 Å². The minimum absolute atomic E-state index is 0.605. The van der Waals surface area contributed by atoms with Gasteiger partial charge in [-0.2, -0.15) is 0 Å². The van der Waals surface area contributed by atoms with E-state index >= 15 is 0 Å². The molecule has 1 heterocycles. The SMILES string of the molecule is CCCCC(CCC)C1OC1CC. The van der Waals surface area contributed by atoms with E-state index in [2.05, 4.69) is 20.8 Å². The lowest BCUT2D eigenvalue weighted by molar-refractivity contribution is 0.288. The van der Waals surface area contributed by atoms with Crippen molar-refractivity contribution in [3.63, 3.8) is 0 Å². The third-order valence-corrected chi connectivity index (χ3v) is 3.08. The van der Waals surface area contributed by atoms with Crippen molar-refractivity contribution in [1.29, 1.82) is 0 Å². The van der Waals surface area contributed by atoms with Gasteiger partial charge >= 0.3 is 0 Å². The molecular formula is C12H24O. The van der Waals surface area contributed by atoms with E-state index < -0.39 is 0 Å². The standard InChI is InChI=1S/C12H24O/c1-4-7-9-10(8-5-2)12-11(6-3)13-12/h10-12H,4-9H2,1-3H3. The molecule has 1 rings (SSSR count). The minimum atomic E-state index is 0.605. The highest BCUT2D eigenvalue weighted by Gasteiger charge is 2.42. The van der Waals surface area contributed by atoms with E-state index in [0.717, 1.165) is 5.92 Å². The normalized spacial score (nSPS) is 28.8. The van der Waals surface area contributed by atoms with Crippen LogP contribution in [0.1, 0.15) is 59.3 Å². The highest BCUT2D eigenvalue weighted by molar-refractivity contribution is 4.89. The van der Waals surface area contributed by atoms with Crippen LogP contribution < -0.4 is 0 Å². The van der Waals surface area contributed by atoms with Crippen molar-refractivity contribution in [3.05, 3.63) is 0 Å². The summed E-state index contributed by atoms with van der Waals surface area (Å²) in [6, 6.07) is 0. The molecule has 0 spiro atoms. The summed E-state index contributed by atoms with van der Waals surface area (Å²) < 4.78 is 5.68. The van der Waals surface area contributed by atoms with Gasteiger partial charge in [-0.3, -0.25) is 0 Å². The molecular weight excluding hydrogens is 160 g/mol. The van der Waals surface area contributed by atoms with Crippen LogP contribution in [-0.4, -0.2) is 12.2 Å². The van der Waals surface area contributed by atoms with Crippen LogP contribution in [0.15, 0.2) is 0 Å². The number of hydrogen-bond donors (Lipinski definition) is 0. The van der Waals surface area contributed by atoms with E-state index in [9.17, 15) is 0 Å². The topological polar surface area (TPSA) is 12.5 Å². The fourth-order valence-corrected chi connectivity index (χ4v) is 2.21. The first-order valence-corrected chi connectivity index (χ1v) is 5.98. The average Bonchev–Trinajstić information content (AvgIpc) is 2.91. The summed E-state index contributed by atoms with van der Waals surface area (Å²) >= 11 is 0. The Morgan fingerprint density at radius 1 is 1.08 bits per heavy atom. The zero-order valence-electron chi connectivity index (χ0n) is 9.38. The molecule has 1 fully saturated rings. The third-order valence-electron chi connectivity index (χ3n) is 3.08. The van der Waals surface area contributed by atoms with Crippen molar-refractivity contribution in [2.45, 2.75) is 71.5 Å². The second-order valence-electron chi connectivity index (χ2n) is 4.24. The molecule has 0 aliphatic carbocycles. The molecule has 1 aliphatic heterocycles. The number of rotatable bonds is 7. The molecule has 0 aromatic carbocycles. The fraction of sp³-hybridized carbons (Fsp3) is 1.00. The van der Waals surface area contributed by atoms with Gasteiger partial charge in [-0.1, -0.05) is 40.0 Å². The van der Waals surface area contributed by atoms with Crippen molar-refractivity contribution >= 4 is 0 Å². The van der Waals surface area contributed by atoms with Crippen LogP contribution in [0.4, 0.5) is 0 Å². The molecule has 0 saturated carbocycles. The molecule has 0 amide bonds. The Labute approximate surface area is 82.9 Å². The van der Waals surface area contributed by atoms with Gasteiger partial charge in [0.15, 0.2) is 0 Å². The lowest BCUT2D eigenvalue weighted by atomic mass is 9.92. The fourth-order valence-electron chi connectivity index (χ4n) is 2.21. The highest BCUT2D eigenvalue weighted by Crippen LogP contribution is 2.36. The number of epoxide rings is 1.